The zero-order valence-electron chi connectivity index (χ0n) is 8.95. The van der Waals surface area contributed by atoms with E-state index < -0.39 is 21.9 Å². The Balaban J connectivity index is 5.05. The summed E-state index contributed by atoms with van der Waals surface area (Å²) in [5.74, 6) is -2.20. The van der Waals surface area contributed by atoms with Crippen molar-refractivity contribution in [1.29, 1.82) is 0 Å². The van der Waals surface area contributed by atoms with Gasteiger partial charge in [-0.2, -0.15) is 0 Å². The van der Waals surface area contributed by atoms with Crippen LogP contribution in [-0.2, 0) is 9.59 Å². The van der Waals surface area contributed by atoms with Crippen molar-refractivity contribution in [3.05, 3.63) is 33.3 Å². The van der Waals surface area contributed by atoms with Crippen LogP contribution in [0, 0.1) is 0 Å². The van der Waals surface area contributed by atoms with E-state index in [1.165, 1.54) is 28.1 Å². The third-order valence-electron chi connectivity index (χ3n) is 1.69. The van der Waals surface area contributed by atoms with Crippen molar-refractivity contribution in [3.63, 3.8) is 0 Å². The number of amides is 1. The van der Waals surface area contributed by atoms with Gasteiger partial charge < -0.3 is 10.0 Å². The predicted molar refractivity (Wildman–Crippen MR) is 72.9 cm³/mol. The number of hydrogen-bond acceptors (Lipinski definition) is 2. The largest absolute Gasteiger partial charge is 0.477 e. The van der Waals surface area contributed by atoms with E-state index in [-0.39, 0.29) is 13.1 Å². The lowest BCUT2D eigenvalue weighted by molar-refractivity contribution is -0.132. The summed E-state index contributed by atoms with van der Waals surface area (Å²) in [4.78, 5) is 23.6. The fourth-order valence-electron chi connectivity index (χ4n) is 0.901. The molecule has 8 heteroatoms. The molecule has 0 atom stereocenters. The monoisotopic (exact) mass is 331 g/mol. The molecule has 0 aliphatic rings. The molecule has 4 nitrogen and oxygen atoms in total. The minimum Gasteiger partial charge on any atom is -0.477 e. The maximum absolute atomic E-state index is 11.8. The van der Waals surface area contributed by atoms with Crippen LogP contribution in [0.1, 0.15) is 0 Å². The number of carbonyl (C=O) groups excluding carboxylic acids is 1. The van der Waals surface area contributed by atoms with Gasteiger partial charge in [0, 0.05) is 24.2 Å². The van der Waals surface area contributed by atoms with E-state index >= 15 is 0 Å². The Morgan fingerprint density at radius 3 is 1.78 bits per heavy atom. The lowest BCUT2D eigenvalue weighted by Crippen LogP contribution is -2.32. The first-order valence-electron chi connectivity index (χ1n) is 4.54. The minimum atomic E-state index is -1.48. The molecule has 0 rings (SSSR count). The summed E-state index contributed by atoms with van der Waals surface area (Å²) in [5, 5.41) is 7.31. The summed E-state index contributed by atoms with van der Waals surface area (Å²) in [6, 6.07) is 0. The van der Waals surface area contributed by atoms with Crippen molar-refractivity contribution < 1.29 is 14.7 Å². The highest BCUT2D eigenvalue weighted by Gasteiger charge is 2.21. The number of carbonyl (C=O) groups is 2. The van der Waals surface area contributed by atoms with Crippen LogP contribution >= 0.6 is 46.4 Å². The van der Waals surface area contributed by atoms with Gasteiger partial charge in [0.25, 0.3) is 5.91 Å². The average Bonchev–Trinajstić information content (AvgIpc) is 2.36. The second-order valence-electron chi connectivity index (χ2n) is 2.87. The van der Waals surface area contributed by atoms with E-state index in [1.807, 2.05) is 0 Å². The van der Waals surface area contributed by atoms with E-state index in [4.69, 9.17) is 51.5 Å². The molecule has 0 aliphatic heterocycles. The number of halogens is 4. The molecular formula is C10H9Cl4NO3. The SMILES string of the molecule is O=C(O)/C(Cl)=C(/Cl)C(=O)N(CC=CCl)CC=CCl. The summed E-state index contributed by atoms with van der Waals surface area (Å²) in [6.45, 7) is 0.285. The van der Waals surface area contributed by atoms with Gasteiger partial charge in [0.05, 0.1) is 0 Å². The zero-order valence-corrected chi connectivity index (χ0v) is 12.0. The molecule has 1 amide bonds. The molecule has 0 aliphatic carbocycles. The number of carboxylic acid groups (broad SMARTS) is 1. The molecule has 100 valence electrons. The first-order valence-corrected chi connectivity index (χ1v) is 6.16. The topological polar surface area (TPSA) is 57.6 Å². The molecule has 0 spiro atoms. The van der Waals surface area contributed by atoms with Crippen molar-refractivity contribution in [2.24, 2.45) is 0 Å². The molecule has 0 saturated carbocycles. The van der Waals surface area contributed by atoms with Gasteiger partial charge in [-0.15, -0.1) is 0 Å². The maximum Gasteiger partial charge on any atom is 0.349 e. The number of rotatable bonds is 6. The van der Waals surface area contributed by atoms with Crippen molar-refractivity contribution in [2.75, 3.05) is 13.1 Å². The van der Waals surface area contributed by atoms with Crippen LogP contribution in [0.2, 0.25) is 0 Å². The Morgan fingerprint density at radius 1 is 1.00 bits per heavy atom. The quantitative estimate of drug-likeness (QED) is 0.760. The molecule has 0 saturated heterocycles. The summed E-state index contributed by atoms with van der Waals surface area (Å²) < 4.78 is 0. The summed E-state index contributed by atoms with van der Waals surface area (Å²) in [6.07, 6.45) is 2.97. The number of carboxylic acids is 1. The summed E-state index contributed by atoms with van der Waals surface area (Å²) >= 11 is 21.7. The molecule has 0 radical (unpaired) electrons. The third-order valence-corrected chi connectivity index (χ3v) is 2.84. The molecule has 0 heterocycles. The molecular weight excluding hydrogens is 324 g/mol. The van der Waals surface area contributed by atoms with Crippen LogP contribution in [0.3, 0.4) is 0 Å². The maximum atomic E-state index is 11.8. The smallest absolute Gasteiger partial charge is 0.349 e. The van der Waals surface area contributed by atoms with E-state index in [1.54, 1.807) is 0 Å². The number of hydrogen-bond donors (Lipinski definition) is 1. The van der Waals surface area contributed by atoms with Crippen LogP contribution in [0.25, 0.3) is 0 Å². The van der Waals surface area contributed by atoms with Crippen molar-refractivity contribution in [1.82, 2.24) is 4.90 Å². The highest BCUT2D eigenvalue weighted by molar-refractivity contribution is 6.53. The van der Waals surface area contributed by atoms with Gasteiger partial charge in [-0.1, -0.05) is 58.6 Å². The number of aliphatic carboxylic acids is 1. The lowest BCUT2D eigenvalue weighted by atomic mass is 10.3. The van der Waals surface area contributed by atoms with Gasteiger partial charge in [-0.05, 0) is 0 Å². The first kappa shape index (κ1) is 17.3. The van der Waals surface area contributed by atoms with Gasteiger partial charge in [-0.25, -0.2) is 4.79 Å². The van der Waals surface area contributed by atoms with Crippen LogP contribution in [-0.4, -0.2) is 35.0 Å². The normalized spacial score (nSPS) is 12.9. The molecule has 0 fully saturated rings. The highest BCUT2D eigenvalue weighted by atomic mass is 35.5. The number of nitrogens with zero attached hydrogens (tertiary/aromatic N) is 1. The highest BCUT2D eigenvalue weighted by Crippen LogP contribution is 2.17. The van der Waals surface area contributed by atoms with Gasteiger partial charge >= 0.3 is 5.97 Å². The van der Waals surface area contributed by atoms with E-state index in [0.717, 1.165) is 0 Å². The molecule has 18 heavy (non-hydrogen) atoms. The molecule has 1 N–H and O–H groups in total. The molecule has 0 aromatic rings. The van der Waals surface area contributed by atoms with Gasteiger partial charge in [0.1, 0.15) is 10.1 Å². The van der Waals surface area contributed by atoms with E-state index in [2.05, 4.69) is 0 Å². The molecule has 0 aromatic carbocycles. The molecule has 0 unspecified atom stereocenters. The van der Waals surface area contributed by atoms with E-state index in [0.29, 0.717) is 0 Å². The molecule has 0 bridgehead atoms. The Morgan fingerprint density at radius 2 is 1.44 bits per heavy atom. The third kappa shape index (κ3) is 5.78. The van der Waals surface area contributed by atoms with Crippen LogP contribution < -0.4 is 0 Å². The Kier molecular flexibility index (Phi) is 8.93. The lowest BCUT2D eigenvalue weighted by Gasteiger charge is -2.18. The van der Waals surface area contributed by atoms with Crippen LogP contribution in [0.4, 0.5) is 0 Å². The van der Waals surface area contributed by atoms with Crippen molar-refractivity contribution in [3.8, 4) is 0 Å². The first-order chi connectivity index (χ1) is 8.45. The molecule has 0 aromatic heterocycles. The zero-order chi connectivity index (χ0) is 14.1. The van der Waals surface area contributed by atoms with Gasteiger partial charge in [0.2, 0.25) is 0 Å². The van der Waals surface area contributed by atoms with Gasteiger partial charge in [-0.3, -0.25) is 4.79 Å². The Labute approximate surface area is 124 Å². The van der Waals surface area contributed by atoms with Crippen LogP contribution in [0.5, 0.6) is 0 Å². The second-order valence-corrected chi connectivity index (χ2v) is 4.13. The fraction of sp³-hybridized carbons (Fsp3) is 0.200. The predicted octanol–water partition coefficient (Wildman–Crippen LogP) is 3.09. The summed E-state index contributed by atoms with van der Waals surface area (Å²) in [5.41, 5.74) is 2.45. The van der Waals surface area contributed by atoms with Crippen molar-refractivity contribution in [2.45, 2.75) is 0 Å². The standard InChI is InChI=1S/C10H9Cl4NO3/c11-3-1-5-15(6-2-4-12)9(16)7(13)8(14)10(17)18/h1-4H,5-6H2,(H,17,18)/b3-1?,4-2?,8-7-. The minimum absolute atomic E-state index is 0.142. The second kappa shape index (κ2) is 9.28. The summed E-state index contributed by atoms with van der Waals surface area (Å²) in [7, 11) is 0. The Hall–Kier alpha value is -0.680. The average molecular weight is 333 g/mol. The van der Waals surface area contributed by atoms with Crippen molar-refractivity contribution >= 4 is 58.3 Å². The Bertz CT molecular complexity index is 390. The van der Waals surface area contributed by atoms with Crippen LogP contribution in [0.15, 0.2) is 33.3 Å². The fourth-order valence-corrected chi connectivity index (χ4v) is 1.34. The van der Waals surface area contributed by atoms with Gasteiger partial charge in [0.15, 0.2) is 0 Å². The van der Waals surface area contributed by atoms with E-state index in [9.17, 15) is 9.59 Å².